The Morgan fingerprint density at radius 3 is 2.75 bits per heavy atom. The number of pyridine rings is 1. The van der Waals surface area contributed by atoms with Crippen LogP contribution in [0.4, 0.5) is 0 Å². The van der Waals surface area contributed by atoms with E-state index in [1.807, 2.05) is 0 Å². The van der Waals surface area contributed by atoms with E-state index in [2.05, 4.69) is 23.0 Å². The fraction of sp³-hybridized carbons (Fsp3) is 0.579. The van der Waals surface area contributed by atoms with Gasteiger partial charge in [-0.05, 0) is 62.6 Å². The van der Waals surface area contributed by atoms with Crippen molar-refractivity contribution in [3.8, 4) is 11.3 Å². The van der Waals surface area contributed by atoms with Crippen LogP contribution < -0.4 is 5.73 Å². The Hall–Kier alpha value is -1.72. The Labute approximate surface area is 141 Å². The maximum Gasteiger partial charge on any atom is 0.0966 e. The van der Waals surface area contributed by atoms with Gasteiger partial charge in [-0.1, -0.05) is 6.07 Å². The lowest BCUT2D eigenvalue weighted by atomic mass is 9.80. The zero-order valence-electron chi connectivity index (χ0n) is 13.9. The number of hydrogen-bond acceptors (Lipinski definition) is 4. The summed E-state index contributed by atoms with van der Waals surface area (Å²) in [5.74, 6) is 1.24. The second-order valence-electron chi connectivity index (χ2n) is 7.70. The van der Waals surface area contributed by atoms with Gasteiger partial charge in [0.2, 0.25) is 0 Å². The molecular weight excluding hydrogens is 300 g/mol. The van der Waals surface area contributed by atoms with E-state index < -0.39 is 6.10 Å². The molecule has 3 aliphatic carbocycles. The average Bonchev–Trinajstić information content (AvgIpc) is 3.21. The van der Waals surface area contributed by atoms with Crippen LogP contribution in [-0.4, -0.2) is 26.4 Å². The molecule has 2 heterocycles. The summed E-state index contributed by atoms with van der Waals surface area (Å²) >= 11 is 0. The van der Waals surface area contributed by atoms with Crippen LogP contribution in [0.1, 0.15) is 67.1 Å². The number of aryl methyl sites for hydroxylation is 1. The van der Waals surface area contributed by atoms with E-state index >= 15 is 0 Å². The summed E-state index contributed by atoms with van der Waals surface area (Å²) in [4.78, 5) is 4.80. The second-order valence-corrected chi connectivity index (χ2v) is 7.70. The van der Waals surface area contributed by atoms with E-state index in [1.165, 1.54) is 24.1 Å². The molecule has 5 heteroatoms. The van der Waals surface area contributed by atoms with Crippen LogP contribution in [0, 0.1) is 5.92 Å². The molecule has 0 radical (unpaired) electrons. The van der Waals surface area contributed by atoms with Crippen molar-refractivity contribution in [1.82, 2.24) is 14.8 Å². The van der Waals surface area contributed by atoms with E-state index in [4.69, 9.17) is 15.8 Å². The number of fused-ring (bicyclic) bond motifs is 1. The highest BCUT2D eigenvalue weighted by atomic mass is 16.3. The van der Waals surface area contributed by atoms with Gasteiger partial charge in [-0.2, -0.15) is 5.10 Å². The minimum Gasteiger partial charge on any atom is -0.387 e. The minimum atomic E-state index is -0.406. The van der Waals surface area contributed by atoms with E-state index in [-0.39, 0.29) is 0 Å². The average molecular weight is 324 g/mol. The third-order valence-corrected chi connectivity index (χ3v) is 5.93. The minimum absolute atomic E-state index is 0.406. The van der Waals surface area contributed by atoms with Crippen molar-refractivity contribution < 1.29 is 5.11 Å². The topological polar surface area (TPSA) is 77.0 Å². The zero-order chi connectivity index (χ0) is 16.3. The third-order valence-electron chi connectivity index (χ3n) is 5.93. The Kier molecular flexibility index (Phi) is 3.28. The molecule has 0 saturated heterocycles. The van der Waals surface area contributed by atoms with Gasteiger partial charge >= 0.3 is 0 Å². The van der Waals surface area contributed by atoms with Gasteiger partial charge in [0, 0.05) is 17.7 Å². The van der Waals surface area contributed by atoms with Crippen molar-refractivity contribution >= 4 is 0 Å². The van der Waals surface area contributed by atoms with Crippen LogP contribution in [0.15, 0.2) is 18.3 Å². The van der Waals surface area contributed by atoms with Crippen molar-refractivity contribution in [2.45, 2.75) is 56.6 Å². The first-order valence-corrected chi connectivity index (χ1v) is 9.20. The number of hydrogen-bond donors (Lipinski definition) is 2. The van der Waals surface area contributed by atoms with Crippen LogP contribution in [-0.2, 0) is 6.42 Å². The molecule has 3 aliphatic rings. The largest absolute Gasteiger partial charge is 0.387 e. The summed E-state index contributed by atoms with van der Waals surface area (Å²) in [5, 5.41) is 15.1. The molecule has 0 aromatic carbocycles. The number of nitrogens with two attached hydrogens (primary N) is 1. The number of aliphatic hydroxyl groups excluding tert-OH is 1. The van der Waals surface area contributed by atoms with Gasteiger partial charge in [0.15, 0.2) is 0 Å². The normalized spacial score (nSPS) is 28.7. The van der Waals surface area contributed by atoms with E-state index in [0.29, 0.717) is 17.9 Å². The lowest BCUT2D eigenvalue weighted by Gasteiger charge is -2.34. The van der Waals surface area contributed by atoms with Crippen molar-refractivity contribution in [2.24, 2.45) is 11.7 Å². The van der Waals surface area contributed by atoms with Gasteiger partial charge in [0.05, 0.1) is 29.2 Å². The van der Waals surface area contributed by atoms with E-state index in [0.717, 1.165) is 49.2 Å². The van der Waals surface area contributed by atoms with Gasteiger partial charge < -0.3 is 10.8 Å². The predicted octanol–water partition coefficient (Wildman–Crippen LogP) is 2.71. The SMILES string of the molecule is NCC1CC(n2cc(-c3ccc4c(n3)C(O)CC4)c(C3CC3)n2)C1. The molecule has 2 fully saturated rings. The van der Waals surface area contributed by atoms with Crippen LogP contribution >= 0.6 is 0 Å². The lowest BCUT2D eigenvalue weighted by molar-refractivity contribution is 0.176. The maximum atomic E-state index is 10.1. The molecule has 0 amide bonds. The first-order valence-electron chi connectivity index (χ1n) is 9.20. The molecule has 5 nitrogen and oxygen atoms in total. The van der Waals surface area contributed by atoms with Gasteiger partial charge in [-0.3, -0.25) is 4.68 Å². The zero-order valence-corrected chi connectivity index (χ0v) is 13.9. The molecule has 2 aromatic heterocycles. The molecule has 0 spiro atoms. The molecule has 0 bridgehead atoms. The summed E-state index contributed by atoms with van der Waals surface area (Å²) < 4.78 is 2.15. The standard InChI is InChI=1S/C19H24N4O/c20-9-11-7-14(8-11)23-10-15(18(22-23)12-1-2-12)16-5-3-13-4-6-17(24)19(13)21-16/h3,5,10-12,14,17,24H,1-2,4,6-9,20H2. The highest BCUT2D eigenvalue weighted by molar-refractivity contribution is 5.63. The Morgan fingerprint density at radius 1 is 1.17 bits per heavy atom. The molecule has 24 heavy (non-hydrogen) atoms. The molecule has 3 N–H and O–H groups in total. The van der Waals surface area contributed by atoms with Gasteiger partial charge in [-0.15, -0.1) is 0 Å². The predicted molar refractivity (Wildman–Crippen MR) is 91.5 cm³/mol. The van der Waals surface area contributed by atoms with Crippen molar-refractivity contribution in [3.63, 3.8) is 0 Å². The van der Waals surface area contributed by atoms with Crippen molar-refractivity contribution in [3.05, 3.63) is 35.3 Å². The quantitative estimate of drug-likeness (QED) is 0.906. The fourth-order valence-electron chi connectivity index (χ4n) is 4.14. The summed E-state index contributed by atoms with van der Waals surface area (Å²) in [6.07, 6.45) is 8.24. The first kappa shape index (κ1) is 14.6. The summed E-state index contributed by atoms with van der Waals surface area (Å²) in [5.41, 5.74) is 11.2. The highest BCUT2D eigenvalue weighted by Crippen LogP contribution is 2.45. The Balaban J connectivity index is 1.51. The van der Waals surface area contributed by atoms with Crippen LogP contribution in [0.3, 0.4) is 0 Å². The summed E-state index contributed by atoms with van der Waals surface area (Å²) in [6.45, 7) is 0.782. The van der Waals surface area contributed by atoms with Gasteiger partial charge in [-0.25, -0.2) is 4.98 Å². The molecular formula is C19H24N4O. The molecule has 5 rings (SSSR count). The second kappa shape index (κ2) is 5.39. The van der Waals surface area contributed by atoms with Crippen molar-refractivity contribution in [2.75, 3.05) is 6.54 Å². The summed E-state index contributed by atoms with van der Waals surface area (Å²) in [7, 11) is 0. The van der Waals surface area contributed by atoms with Crippen molar-refractivity contribution in [1.29, 1.82) is 0 Å². The maximum absolute atomic E-state index is 10.1. The van der Waals surface area contributed by atoms with Crippen LogP contribution in [0.25, 0.3) is 11.3 Å². The van der Waals surface area contributed by atoms with Crippen LogP contribution in [0.5, 0.6) is 0 Å². The molecule has 2 saturated carbocycles. The van der Waals surface area contributed by atoms with Crippen LogP contribution in [0.2, 0.25) is 0 Å². The Bertz CT molecular complexity index is 774. The summed E-state index contributed by atoms with van der Waals surface area (Å²) in [6, 6.07) is 4.73. The number of nitrogens with zero attached hydrogens (tertiary/aromatic N) is 3. The molecule has 1 atom stereocenters. The Morgan fingerprint density at radius 2 is 2.00 bits per heavy atom. The monoisotopic (exact) mass is 324 g/mol. The molecule has 126 valence electrons. The van der Waals surface area contributed by atoms with Gasteiger partial charge in [0.1, 0.15) is 0 Å². The van der Waals surface area contributed by atoms with Gasteiger partial charge in [0.25, 0.3) is 0 Å². The molecule has 0 aliphatic heterocycles. The lowest BCUT2D eigenvalue weighted by Crippen LogP contribution is -2.32. The number of aliphatic hydroxyl groups is 1. The van der Waals surface area contributed by atoms with E-state index in [1.54, 1.807) is 0 Å². The molecule has 1 unspecified atom stereocenters. The fourth-order valence-corrected chi connectivity index (χ4v) is 4.14. The number of aromatic nitrogens is 3. The molecule has 2 aromatic rings. The highest BCUT2D eigenvalue weighted by Gasteiger charge is 2.35. The smallest absolute Gasteiger partial charge is 0.0966 e. The van der Waals surface area contributed by atoms with E-state index in [9.17, 15) is 5.11 Å². The third kappa shape index (κ3) is 2.30. The number of rotatable bonds is 4. The first-order chi connectivity index (χ1) is 11.7.